The van der Waals surface area contributed by atoms with Gasteiger partial charge in [-0.1, -0.05) is 19.3 Å². The zero-order valence-corrected chi connectivity index (χ0v) is 8.76. The number of rotatable bonds is 5. The third-order valence-corrected chi connectivity index (χ3v) is 3.16. The molecule has 2 N–H and O–H groups in total. The number of aliphatic hydroxyl groups is 1. The molecule has 1 atom stereocenters. The van der Waals surface area contributed by atoms with Crippen molar-refractivity contribution < 1.29 is 5.11 Å². The molecule has 1 rings (SSSR count). The molecule has 13 heavy (non-hydrogen) atoms. The van der Waals surface area contributed by atoms with Gasteiger partial charge in [-0.15, -0.1) is 0 Å². The normalized spacial score (nSPS) is 21.7. The van der Waals surface area contributed by atoms with Crippen molar-refractivity contribution in [3.63, 3.8) is 0 Å². The lowest BCUT2D eigenvalue weighted by atomic mass is 9.84. The Kier molecular flexibility index (Phi) is 5.40. The van der Waals surface area contributed by atoms with Crippen LogP contribution in [0.3, 0.4) is 0 Å². The highest BCUT2D eigenvalue weighted by molar-refractivity contribution is 4.75. The monoisotopic (exact) mass is 185 g/mol. The average molecular weight is 185 g/mol. The van der Waals surface area contributed by atoms with Crippen LogP contribution in [-0.2, 0) is 0 Å². The van der Waals surface area contributed by atoms with Crippen LogP contribution in [0.4, 0.5) is 0 Å². The molecule has 0 radical (unpaired) electrons. The van der Waals surface area contributed by atoms with Crippen molar-refractivity contribution >= 4 is 0 Å². The minimum atomic E-state index is 0.310. The Labute approximate surface area is 81.7 Å². The summed E-state index contributed by atoms with van der Waals surface area (Å²) in [6.07, 6.45) is 7.94. The topological polar surface area (TPSA) is 32.3 Å². The van der Waals surface area contributed by atoms with E-state index in [0.29, 0.717) is 12.6 Å². The molecule has 0 aliphatic heterocycles. The Hall–Kier alpha value is -0.0800. The molecule has 0 aromatic heterocycles. The van der Waals surface area contributed by atoms with Gasteiger partial charge >= 0.3 is 0 Å². The van der Waals surface area contributed by atoms with Crippen molar-refractivity contribution in [2.75, 3.05) is 13.2 Å². The maximum Gasteiger partial charge on any atom is 0.0443 e. The quantitative estimate of drug-likeness (QED) is 0.641. The first-order chi connectivity index (χ1) is 6.34. The third kappa shape index (κ3) is 4.10. The third-order valence-electron chi connectivity index (χ3n) is 3.16. The highest BCUT2D eigenvalue weighted by Crippen LogP contribution is 2.26. The molecule has 0 heterocycles. The molecule has 0 saturated heterocycles. The van der Waals surface area contributed by atoms with Crippen LogP contribution in [0, 0.1) is 5.92 Å². The van der Waals surface area contributed by atoms with Gasteiger partial charge in [0, 0.05) is 12.6 Å². The zero-order valence-electron chi connectivity index (χ0n) is 8.76. The minimum absolute atomic E-state index is 0.310. The molecular formula is C11H23NO. The summed E-state index contributed by atoms with van der Waals surface area (Å²) in [7, 11) is 0. The highest BCUT2D eigenvalue weighted by Gasteiger charge is 2.18. The van der Waals surface area contributed by atoms with E-state index in [9.17, 15) is 0 Å². The summed E-state index contributed by atoms with van der Waals surface area (Å²) < 4.78 is 0. The van der Waals surface area contributed by atoms with Crippen LogP contribution in [0.25, 0.3) is 0 Å². The fourth-order valence-electron chi connectivity index (χ4n) is 2.21. The van der Waals surface area contributed by atoms with Crippen molar-refractivity contribution in [1.29, 1.82) is 0 Å². The lowest BCUT2D eigenvalue weighted by Crippen LogP contribution is -2.35. The van der Waals surface area contributed by atoms with Crippen molar-refractivity contribution in [2.24, 2.45) is 5.92 Å². The second-order valence-corrected chi connectivity index (χ2v) is 4.22. The van der Waals surface area contributed by atoms with E-state index in [1.807, 2.05) is 0 Å². The van der Waals surface area contributed by atoms with Crippen LogP contribution in [0.15, 0.2) is 0 Å². The van der Waals surface area contributed by atoms with E-state index in [4.69, 9.17) is 5.11 Å². The predicted molar refractivity (Wildman–Crippen MR) is 55.7 cm³/mol. The maximum atomic E-state index is 8.65. The Morgan fingerprint density at radius 3 is 2.62 bits per heavy atom. The van der Waals surface area contributed by atoms with E-state index < -0.39 is 0 Å². The Bertz CT molecular complexity index is 121. The molecule has 78 valence electrons. The second kappa shape index (κ2) is 6.39. The molecule has 2 heteroatoms. The summed E-state index contributed by atoms with van der Waals surface area (Å²) in [5.41, 5.74) is 0. The van der Waals surface area contributed by atoms with Gasteiger partial charge in [0.2, 0.25) is 0 Å². The molecule has 2 nitrogen and oxygen atoms in total. The molecule has 1 fully saturated rings. The van der Waals surface area contributed by atoms with Crippen LogP contribution >= 0.6 is 0 Å². The van der Waals surface area contributed by atoms with Crippen molar-refractivity contribution in [1.82, 2.24) is 5.32 Å². The van der Waals surface area contributed by atoms with Crippen molar-refractivity contribution in [3.8, 4) is 0 Å². The van der Waals surface area contributed by atoms with Crippen LogP contribution in [0.1, 0.15) is 45.4 Å². The van der Waals surface area contributed by atoms with Crippen LogP contribution in [0.5, 0.6) is 0 Å². The van der Waals surface area contributed by atoms with Gasteiger partial charge in [-0.2, -0.15) is 0 Å². The van der Waals surface area contributed by atoms with E-state index in [2.05, 4.69) is 12.2 Å². The summed E-state index contributed by atoms with van der Waals surface area (Å²) in [6.45, 7) is 3.56. The molecule has 0 aromatic rings. The second-order valence-electron chi connectivity index (χ2n) is 4.22. The minimum Gasteiger partial charge on any atom is -0.396 e. The smallest absolute Gasteiger partial charge is 0.0443 e. The van der Waals surface area contributed by atoms with E-state index in [1.165, 1.54) is 32.1 Å². The molecule has 0 aromatic carbocycles. The molecular weight excluding hydrogens is 162 g/mol. The fraction of sp³-hybridized carbons (Fsp3) is 1.00. The SMILES string of the molecule is CC(NCCCO)C1CCCCC1. The zero-order chi connectivity index (χ0) is 9.52. The summed E-state index contributed by atoms with van der Waals surface area (Å²) in [5.74, 6) is 0.882. The molecule has 1 unspecified atom stereocenters. The number of hydrogen-bond acceptors (Lipinski definition) is 2. The average Bonchev–Trinajstić information content (AvgIpc) is 2.19. The summed E-state index contributed by atoms with van der Waals surface area (Å²) in [6, 6.07) is 0.645. The summed E-state index contributed by atoms with van der Waals surface area (Å²) >= 11 is 0. The van der Waals surface area contributed by atoms with Crippen molar-refractivity contribution in [2.45, 2.75) is 51.5 Å². The molecule has 1 aliphatic carbocycles. The Morgan fingerprint density at radius 2 is 2.00 bits per heavy atom. The van der Waals surface area contributed by atoms with Gasteiger partial charge in [-0.05, 0) is 38.6 Å². The first-order valence-corrected chi connectivity index (χ1v) is 5.69. The number of hydrogen-bond donors (Lipinski definition) is 2. The van der Waals surface area contributed by atoms with Gasteiger partial charge in [0.05, 0.1) is 0 Å². The molecule has 1 aliphatic rings. The Balaban J connectivity index is 2.09. The number of nitrogens with one attached hydrogen (secondary N) is 1. The fourth-order valence-corrected chi connectivity index (χ4v) is 2.21. The first kappa shape index (κ1) is 11.0. The summed E-state index contributed by atoms with van der Waals surface area (Å²) in [4.78, 5) is 0. The molecule has 0 amide bonds. The van der Waals surface area contributed by atoms with Gasteiger partial charge in [-0.3, -0.25) is 0 Å². The van der Waals surface area contributed by atoms with E-state index in [1.54, 1.807) is 0 Å². The van der Waals surface area contributed by atoms with Crippen molar-refractivity contribution in [3.05, 3.63) is 0 Å². The highest BCUT2D eigenvalue weighted by atomic mass is 16.3. The number of aliphatic hydroxyl groups excluding tert-OH is 1. The maximum absolute atomic E-state index is 8.65. The molecule has 0 spiro atoms. The van der Waals surface area contributed by atoms with E-state index in [-0.39, 0.29) is 0 Å². The molecule has 1 saturated carbocycles. The van der Waals surface area contributed by atoms with Gasteiger partial charge < -0.3 is 10.4 Å². The van der Waals surface area contributed by atoms with E-state index in [0.717, 1.165) is 18.9 Å². The lowest BCUT2D eigenvalue weighted by Gasteiger charge is -2.28. The molecule has 0 bridgehead atoms. The van der Waals surface area contributed by atoms with Gasteiger partial charge in [0.15, 0.2) is 0 Å². The van der Waals surface area contributed by atoms with Gasteiger partial charge in [-0.25, -0.2) is 0 Å². The van der Waals surface area contributed by atoms with Gasteiger partial charge in [0.25, 0.3) is 0 Å². The van der Waals surface area contributed by atoms with Crippen LogP contribution in [0.2, 0.25) is 0 Å². The lowest BCUT2D eigenvalue weighted by molar-refractivity contribution is 0.258. The standard InChI is InChI=1S/C11H23NO/c1-10(12-8-5-9-13)11-6-3-2-4-7-11/h10-13H,2-9H2,1H3. The largest absolute Gasteiger partial charge is 0.396 e. The van der Waals surface area contributed by atoms with E-state index >= 15 is 0 Å². The first-order valence-electron chi connectivity index (χ1n) is 5.69. The van der Waals surface area contributed by atoms with Crippen LogP contribution in [-0.4, -0.2) is 24.3 Å². The Morgan fingerprint density at radius 1 is 1.31 bits per heavy atom. The predicted octanol–water partition coefficient (Wildman–Crippen LogP) is 1.93. The summed E-state index contributed by atoms with van der Waals surface area (Å²) in [5, 5.41) is 12.1. The van der Waals surface area contributed by atoms with Crippen LogP contribution < -0.4 is 5.32 Å². The van der Waals surface area contributed by atoms with Gasteiger partial charge in [0.1, 0.15) is 0 Å².